The molecule has 2 aromatic carbocycles. The normalized spacial score (nSPS) is 16.3. The number of anilines is 2. The summed E-state index contributed by atoms with van der Waals surface area (Å²) in [7, 11) is 0. The largest absolute Gasteiger partial charge is 0.376 e. The van der Waals surface area contributed by atoms with Crippen LogP contribution in [0.25, 0.3) is 16.7 Å². The number of hydrogen-bond acceptors (Lipinski definition) is 7. The smallest absolute Gasteiger partial charge is 0.251 e. The number of nitrogens with zero attached hydrogens (tertiary/aromatic N) is 5. The minimum absolute atomic E-state index is 0.111. The number of fused-ring (bicyclic) bond motifs is 3. The summed E-state index contributed by atoms with van der Waals surface area (Å²) >= 11 is 0. The molecule has 0 bridgehead atoms. The predicted molar refractivity (Wildman–Crippen MR) is 107 cm³/mol. The van der Waals surface area contributed by atoms with E-state index in [0.717, 1.165) is 36.2 Å². The maximum absolute atomic E-state index is 12.3. The van der Waals surface area contributed by atoms with Crippen molar-refractivity contribution in [3.8, 4) is 0 Å². The lowest BCUT2D eigenvalue weighted by Crippen LogP contribution is -2.31. The molecular weight excluding hydrogens is 370 g/mol. The molecule has 1 aliphatic heterocycles. The van der Waals surface area contributed by atoms with Gasteiger partial charge in [-0.1, -0.05) is 12.1 Å². The zero-order valence-corrected chi connectivity index (χ0v) is 15.6. The number of carbonyl (C=O) groups excluding carboxylic acids is 1. The van der Waals surface area contributed by atoms with Crippen LogP contribution in [0.2, 0.25) is 0 Å². The molecule has 0 saturated carbocycles. The minimum atomic E-state index is -0.111. The van der Waals surface area contributed by atoms with Crippen LogP contribution in [0.15, 0.2) is 48.5 Å². The SMILES string of the molecule is O=C(NC[C@H]1CCCO1)c1ccc(Nc2nc3ccccc3n3nnnc23)cc1. The van der Waals surface area contributed by atoms with Crippen LogP contribution in [-0.4, -0.2) is 50.2 Å². The van der Waals surface area contributed by atoms with E-state index in [-0.39, 0.29) is 12.0 Å². The quantitative estimate of drug-likeness (QED) is 0.539. The van der Waals surface area contributed by atoms with E-state index in [9.17, 15) is 4.79 Å². The van der Waals surface area contributed by atoms with Crippen LogP contribution in [0.4, 0.5) is 11.5 Å². The standard InChI is InChI=1S/C20H19N7O2/c28-20(21-12-15-4-3-11-29-15)13-7-9-14(10-8-13)22-18-19-24-25-26-27(19)17-6-2-1-5-16(17)23-18/h1-2,5-10,15H,3-4,11-12H2,(H,21,28)(H,22,23)/t15-/m1/s1. The van der Waals surface area contributed by atoms with Crippen molar-refractivity contribution in [3.05, 3.63) is 54.1 Å². The molecule has 9 heteroatoms. The summed E-state index contributed by atoms with van der Waals surface area (Å²) < 4.78 is 7.18. The van der Waals surface area contributed by atoms with Crippen molar-refractivity contribution >= 4 is 34.1 Å². The van der Waals surface area contributed by atoms with Gasteiger partial charge < -0.3 is 15.4 Å². The van der Waals surface area contributed by atoms with Crippen LogP contribution in [0.5, 0.6) is 0 Å². The summed E-state index contributed by atoms with van der Waals surface area (Å²) in [6.45, 7) is 1.32. The zero-order valence-electron chi connectivity index (χ0n) is 15.6. The van der Waals surface area contributed by atoms with Crippen molar-refractivity contribution in [1.82, 2.24) is 30.3 Å². The molecule has 1 amide bonds. The molecule has 1 saturated heterocycles. The predicted octanol–water partition coefficient (Wildman–Crippen LogP) is 2.32. The molecule has 0 radical (unpaired) electrons. The minimum Gasteiger partial charge on any atom is -0.376 e. The molecule has 2 N–H and O–H groups in total. The number of aromatic nitrogens is 5. The fourth-order valence-electron chi connectivity index (χ4n) is 3.44. The molecule has 0 spiro atoms. The van der Waals surface area contributed by atoms with E-state index in [1.807, 2.05) is 36.4 Å². The van der Waals surface area contributed by atoms with Crippen LogP contribution in [0.3, 0.4) is 0 Å². The molecule has 9 nitrogen and oxygen atoms in total. The highest BCUT2D eigenvalue weighted by Gasteiger charge is 2.17. The van der Waals surface area contributed by atoms with Gasteiger partial charge in [-0.25, -0.2) is 4.98 Å². The van der Waals surface area contributed by atoms with Crippen molar-refractivity contribution in [3.63, 3.8) is 0 Å². The molecule has 1 aliphatic rings. The Morgan fingerprint density at radius 1 is 1.17 bits per heavy atom. The Hall–Kier alpha value is -3.59. The molecule has 29 heavy (non-hydrogen) atoms. The molecular formula is C20H19N7O2. The number of rotatable bonds is 5. The van der Waals surface area contributed by atoms with Gasteiger partial charge in [0.05, 0.1) is 17.1 Å². The second kappa shape index (κ2) is 7.44. The van der Waals surface area contributed by atoms with Crippen molar-refractivity contribution < 1.29 is 9.53 Å². The lowest BCUT2D eigenvalue weighted by atomic mass is 10.2. The van der Waals surface area contributed by atoms with E-state index in [4.69, 9.17) is 4.74 Å². The first kappa shape index (κ1) is 17.5. The van der Waals surface area contributed by atoms with Gasteiger partial charge in [-0.15, -0.1) is 5.10 Å². The molecule has 0 unspecified atom stereocenters. The van der Waals surface area contributed by atoms with E-state index in [2.05, 4.69) is 31.1 Å². The second-order valence-electron chi connectivity index (χ2n) is 6.91. The highest BCUT2D eigenvalue weighted by molar-refractivity contribution is 5.94. The molecule has 5 rings (SSSR count). The average molecular weight is 389 g/mol. The van der Waals surface area contributed by atoms with Crippen molar-refractivity contribution in [2.75, 3.05) is 18.5 Å². The topological polar surface area (TPSA) is 106 Å². The van der Waals surface area contributed by atoms with E-state index in [0.29, 0.717) is 23.6 Å². The van der Waals surface area contributed by atoms with E-state index >= 15 is 0 Å². The third kappa shape index (κ3) is 3.47. The number of carbonyl (C=O) groups is 1. The van der Waals surface area contributed by atoms with Gasteiger partial charge in [0.15, 0.2) is 5.82 Å². The van der Waals surface area contributed by atoms with Crippen molar-refractivity contribution in [2.45, 2.75) is 18.9 Å². The molecule has 1 fully saturated rings. The first-order valence-electron chi connectivity index (χ1n) is 9.52. The second-order valence-corrected chi connectivity index (χ2v) is 6.91. The summed E-state index contributed by atoms with van der Waals surface area (Å²) in [6, 6.07) is 14.9. The van der Waals surface area contributed by atoms with Crippen LogP contribution >= 0.6 is 0 Å². The number of nitrogens with one attached hydrogen (secondary N) is 2. The summed E-state index contributed by atoms with van der Waals surface area (Å²) in [5, 5.41) is 18.1. The van der Waals surface area contributed by atoms with Gasteiger partial charge in [-0.2, -0.15) is 4.52 Å². The average Bonchev–Trinajstić information content (AvgIpc) is 3.45. The Morgan fingerprint density at radius 2 is 2.03 bits per heavy atom. The van der Waals surface area contributed by atoms with Crippen LogP contribution in [-0.2, 0) is 4.74 Å². The van der Waals surface area contributed by atoms with E-state index in [1.165, 1.54) is 0 Å². The first-order valence-corrected chi connectivity index (χ1v) is 9.52. The number of amides is 1. The van der Waals surface area contributed by atoms with E-state index in [1.54, 1.807) is 16.6 Å². The molecule has 1 atom stereocenters. The Kier molecular flexibility index (Phi) is 4.49. The number of ether oxygens (including phenoxy) is 1. The fraction of sp³-hybridized carbons (Fsp3) is 0.250. The summed E-state index contributed by atoms with van der Waals surface area (Å²) in [5.74, 6) is 0.434. The maximum Gasteiger partial charge on any atom is 0.251 e. The summed E-state index contributed by atoms with van der Waals surface area (Å²) in [6.07, 6.45) is 2.17. The van der Waals surface area contributed by atoms with Crippen LogP contribution in [0.1, 0.15) is 23.2 Å². The molecule has 4 aromatic rings. The number of para-hydroxylation sites is 2. The van der Waals surface area contributed by atoms with Crippen LogP contribution < -0.4 is 10.6 Å². The van der Waals surface area contributed by atoms with Gasteiger partial charge in [0, 0.05) is 24.4 Å². The number of tetrazole rings is 1. The number of hydrogen-bond donors (Lipinski definition) is 2. The Bertz CT molecular complexity index is 1170. The lowest BCUT2D eigenvalue weighted by molar-refractivity contribution is 0.0858. The van der Waals surface area contributed by atoms with Crippen molar-refractivity contribution in [1.29, 1.82) is 0 Å². The molecule has 3 heterocycles. The lowest BCUT2D eigenvalue weighted by Gasteiger charge is -2.11. The third-order valence-corrected chi connectivity index (χ3v) is 4.95. The van der Waals surface area contributed by atoms with Gasteiger partial charge >= 0.3 is 0 Å². The van der Waals surface area contributed by atoms with Gasteiger partial charge in [0.2, 0.25) is 5.65 Å². The maximum atomic E-state index is 12.3. The zero-order chi connectivity index (χ0) is 19.6. The van der Waals surface area contributed by atoms with Gasteiger partial charge in [-0.3, -0.25) is 4.79 Å². The number of benzene rings is 2. The molecule has 146 valence electrons. The van der Waals surface area contributed by atoms with Crippen LogP contribution in [0, 0.1) is 0 Å². The Labute approximate surface area is 166 Å². The first-order chi connectivity index (χ1) is 14.3. The van der Waals surface area contributed by atoms with Gasteiger partial charge in [0.1, 0.15) is 0 Å². The third-order valence-electron chi connectivity index (χ3n) is 4.95. The summed E-state index contributed by atoms with van der Waals surface area (Å²) in [5.41, 5.74) is 3.51. The van der Waals surface area contributed by atoms with Gasteiger partial charge in [-0.05, 0) is 59.7 Å². The summed E-state index contributed by atoms with van der Waals surface area (Å²) in [4.78, 5) is 17.0. The van der Waals surface area contributed by atoms with E-state index < -0.39 is 0 Å². The monoisotopic (exact) mass is 389 g/mol. The highest BCUT2D eigenvalue weighted by atomic mass is 16.5. The van der Waals surface area contributed by atoms with Crippen molar-refractivity contribution in [2.24, 2.45) is 0 Å². The Morgan fingerprint density at radius 3 is 2.86 bits per heavy atom. The fourth-order valence-corrected chi connectivity index (χ4v) is 3.44. The Balaban J connectivity index is 1.34. The van der Waals surface area contributed by atoms with Gasteiger partial charge in [0.25, 0.3) is 5.91 Å². The highest BCUT2D eigenvalue weighted by Crippen LogP contribution is 2.22. The molecule has 2 aromatic heterocycles. The molecule has 0 aliphatic carbocycles.